The molecule has 0 aromatic heterocycles. The molecule has 4 aliphatic rings. The van der Waals surface area contributed by atoms with E-state index in [0.29, 0.717) is 37.0 Å². The van der Waals surface area contributed by atoms with Crippen LogP contribution in [0.25, 0.3) is 0 Å². The number of esters is 1. The van der Waals surface area contributed by atoms with Gasteiger partial charge in [0.05, 0.1) is 24.9 Å². The molecule has 4 atom stereocenters. The fourth-order valence-corrected chi connectivity index (χ4v) is 5.97. The molecule has 2 bridgehead atoms. The fraction of sp³-hybridized carbons (Fsp3) is 0.520. The Morgan fingerprint density at radius 3 is 2.09 bits per heavy atom. The fourth-order valence-electron chi connectivity index (χ4n) is 5.97. The second kappa shape index (κ2) is 8.19. The summed E-state index contributed by atoms with van der Waals surface area (Å²) in [5, 5.41) is 0. The van der Waals surface area contributed by atoms with E-state index in [-0.39, 0.29) is 65.8 Å². The molecule has 3 aliphatic carbocycles. The Bertz CT molecular complexity index is 945. The number of rotatable bonds is 6. The van der Waals surface area contributed by atoms with Crippen LogP contribution in [0.5, 0.6) is 5.75 Å². The van der Waals surface area contributed by atoms with Gasteiger partial charge in [-0.25, -0.2) is 0 Å². The van der Waals surface area contributed by atoms with Crippen molar-refractivity contribution in [2.24, 2.45) is 29.6 Å². The lowest BCUT2D eigenvalue weighted by Gasteiger charge is -2.33. The molecule has 0 N–H and O–H groups in total. The Morgan fingerprint density at radius 1 is 0.938 bits per heavy atom. The Hall–Kier alpha value is -2.96. The van der Waals surface area contributed by atoms with Gasteiger partial charge in [0.2, 0.25) is 11.8 Å². The van der Waals surface area contributed by atoms with E-state index in [1.165, 1.54) is 4.90 Å². The van der Waals surface area contributed by atoms with Crippen LogP contribution in [0.1, 0.15) is 42.5 Å². The molecule has 2 saturated carbocycles. The quantitative estimate of drug-likeness (QED) is 0.294. The number of likely N-dealkylation sites (tertiary alicyclic amines) is 1. The summed E-state index contributed by atoms with van der Waals surface area (Å²) >= 11 is 0. The summed E-state index contributed by atoms with van der Waals surface area (Å²) in [5.74, 6) is -0.282. The Balaban J connectivity index is 1.12. The van der Waals surface area contributed by atoms with Crippen molar-refractivity contribution in [1.82, 2.24) is 4.90 Å². The Labute approximate surface area is 186 Å². The maximum atomic E-state index is 13.0. The summed E-state index contributed by atoms with van der Waals surface area (Å²) in [4.78, 5) is 52.3. The van der Waals surface area contributed by atoms with E-state index < -0.39 is 0 Å². The van der Waals surface area contributed by atoms with E-state index >= 15 is 0 Å². The number of hydrogen-bond donors (Lipinski definition) is 0. The summed E-state index contributed by atoms with van der Waals surface area (Å²) in [6, 6.07) is 6.52. The van der Waals surface area contributed by atoms with E-state index in [1.54, 1.807) is 31.4 Å². The number of Topliss-reactive ketones (excluding diaryl/α,β-unsaturated/α-hetero) is 1. The standard InChI is InChI=1S/C25H27NO6/c1-31-19-10-6-14(7-11-19)20(27)13-32-25(30)15-4-8-18(9-5-15)26-23(28)21-16-2-3-17(12-16)22(21)24(26)29/h2-3,6-7,10-11,15-18,21-22H,4-5,8-9,12-13H2,1H3. The van der Waals surface area contributed by atoms with Crippen molar-refractivity contribution in [3.63, 3.8) is 0 Å². The van der Waals surface area contributed by atoms with Crippen molar-refractivity contribution in [2.75, 3.05) is 13.7 Å². The minimum atomic E-state index is -0.386. The number of amides is 2. The number of fused-ring (bicyclic) bond motifs is 5. The van der Waals surface area contributed by atoms with Crippen molar-refractivity contribution >= 4 is 23.6 Å². The first-order valence-electron chi connectivity index (χ1n) is 11.4. The number of allylic oxidation sites excluding steroid dienone is 2. The lowest BCUT2D eigenvalue weighted by Crippen LogP contribution is -2.44. The van der Waals surface area contributed by atoms with Gasteiger partial charge in [-0.15, -0.1) is 0 Å². The number of imide groups is 1. The first kappa shape index (κ1) is 20.9. The van der Waals surface area contributed by atoms with Crippen molar-refractivity contribution in [3.8, 4) is 5.75 Å². The van der Waals surface area contributed by atoms with E-state index in [9.17, 15) is 19.2 Å². The van der Waals surface area contributed by atoms with Gasteiger partial charge in [0.25, 0.3) is 0 Å². The number of ether oxygens (including phenoxy) is 2. The summed E-state index contributed by atoms with van der Waals surface area (Å²) in [6.07, 6.45) is 7.43. The molecule has 3 fully saturated rings. The predicted octanol–water partition coefficient (Wildman–Crippen LogP) is 2.79. The van der Waals surface area contributed by atoms with Crippen LogP contribution in [-0.2, 0) is 19.1 Å². The first-order chi connectivity index (χ1) is 15.5. The molecule has 5 rings (SSSR count). The molecule has 7 nitrogen and oxygen atoms in total. The maximum absolute atomic E-state index is 13.0. The molecule has 1 aliphatic heterocycles. The lowest BCUT2D eigenvalue weighted by molar-refractivity contribution is -0.149. The summed E-state index contributed by atoms with van der Waals surface area (Å²) in [5.41, 5.74) is 0.461. The second-order valence-electron chi connectivity index (χ2n) is 9.31. The number of methoxy groups -OCH3 is 1. The minimum absolute atomic E-state index is 0.0204. The first-order valence-corrected chi connectivity index (χ1v) is 11.4. The van der Waals surface area contributed by atoms with Gasteiger partial charge < -0.3 is 9.47 Å². The van der Waals surface area contributed by atoms with Crippen LogP contribution in [0, 0.1) is 29.6 Å². The van der Waals surface area contributed by atoms with Crippen LogP contribution in [0.3, 0.4) is 0 Å². The predicted molar refractivity (Wildman–Crippen MR) is 114 cm³/mol. The molecule has 7 heteroatoms. The van der Waals surface area contributed by atoms with Gasteiger partial charge in [-0.3, -0.25) is 24.1 Å². The summed E-state index contributed by atoms with van der Waals surface area (Å²) < 4.78 is 10.4. The summed E-state index contributed by atoms with van der Waals surface area (Å²) in [7, 11) is 1.55. The minimum Gasteiger partial charge on any atom is -0.497 e. The van der Waals surface area contributed by atoms with Gasteiger partial charge in [0, 0.05) is 11.6 Å². The van der Waals surface area contributed by atoms with Crippen LogP contribution in [0.15, 0.2) is 36.4 Å². The highest BCUT2D eigenvalue weighted by atomic mass is 16.5. The lowest BCUT2D eigenvalue weighted by atomic mass is 9.85. The molecule has 1 aromatic carbocycles. The number of ketones is 1. The van der Waals surface area contributed by atoms with Crippen LogP contribution in [0.2, 0.25) is 0 Å². The highest BCUT2D eigenvalue weighted by Gasteiger charge is 2.60. The molecule has 0 radical (unpaired) electrons. The molecule has 1 saturated heterocycles. The summed E-state index contributed by atoms with van der Waals surface area (Å²) in [6.45, 7) is -0.298. The number of hydrogen-bond acceptors (Lipinski definition) is 6. The Kier molecular flexibility index (Phi) is 5.35. The molecule has 4 unspecified atom stereocenters. The topological polar surface area (TPSA) is 90.0 Å². The average molecular weight is 437 g/mol. The van der Waals surface area contributed by atoms with Gasteiger partial charge in [-0.05, 0) is 68.2 Å². The van der Waals surface area contributed by atoms with Gasteiger partial charge in [-0.1, -0.05) is 12.2 Å². The third-order valence-electron chi connectivity index (χ3n) is 7.66. The van der Waals surface area contributed by atoms with Gasteiger partial charge >= 0.3 is 5.97 Å². The number of nitrogens with zero attached hydrogens (tertiary/aromatic N) is 1. The van der Waals surface area contributed by atoms with E-state index in [4.69, 9.17) is 9.47 Å². The smallest absolute Gasteiger partial charge is 0.309 e. The van der Waals surface area contributed by atoms with Crippen molar-refractivity contribution in [1.29, 1.82) is 0 Å². The van der Waals surface area contributed by atoms with Gasteiger partial charge in [-0.2, -0.15) is 0 Å². The normalized spacial score (nSPS) is 32.8. The molecule has 0 spiro atoms. The zero-order valence-corrected chi connectivity index (χ0v) is 18.1. The maximum Gasteiger partial charge on any atom is 0.309 e. The highest BCUT2D eigenvalue weighted by molar-refractivity contribution is 6.06. The number of carbonyl (C=O) groups is 4. The van der Waals surface area contributed by atoms with Crippen molar-refractivity contribution < 1.29 is 28.7 Å². The molecule has 1 aromatic rings. The molecule has 168 valence electrons. The third-order valence-corrected chi connectivity index (χ3v) is 7.66. The molecule has 2 amide bonds. The Morgan fingerprint density at radius 2 is 1.53 bits per heavy atom. The van der Waals surface area contributed by atoms with Crippen LogP contribution in [-0.4, -0.2) is 48.2 Å². The number of benzene rings is 1. The molecule has 32 heavy (non-hydrogen) atoms. The molecule has 1 heterocycles. The van der Waals surface area contributed by atoms with Crippen molar-refractivity contribution in [2.45, 2.75) is 38.1 Å². The second-order valence-corrected chi connectivity index (χ2v) is 9.31. The molecular formula is C25H27NO6. The van der Waals surface area contributed by atoms with Gasteiger partial charge in [0.15, 0.2) is 12.4 Å². The zero-order chi connectivity index (χ0) is 22.4. The number of carbonyl (C=O) groups excluding carboxylic acids is 4. The van der Waals surface area contributed by atoms with E-state index in [2.05, 4.69) is 12.2 Å². The van der Waals surface area contributed by atoms with Crippen LogP contribution < -0.4 is 4.74 Å². The average Bonchev–Trinajstić information content (AvgIpc) is 3.51. The molecular weight excluding hydrogens is 410 g/mol. The van der Waals surface area contributed by atoms with Crippen molar-refractivity contribution in [3.05, 3.63) is 42.0 Å². The largest absolute Gasteiger partial charge is 0.497 e. The zero-order valence-electron chi connectivity index (χ0n) is 18.1. The van der Waals surface area contributed by atoms with Crippen LogP contribution in [0.4, 0.5) is 0 Å². The SMILES string of the molecule is COc1ccc(C(=O)COC(=O)C2CCC(N3C(=O)C4C5C=CC(C5)C4C3=O)CC2)cc1. The van der Waals surface area contributed by atoms with Crippen LogP contribution >= 0.6 is 0 Å². The van der Waals surface area contributed by atoms with E-state index in [0.717, 1.165) is 6.42 Å². The van der Waals surface area contributed by atoms with Gasteiger partial charge in [0.1, 0.15) is 5.75 Å². The highest BCUT2D eigenvalue weighted by Crippen LogP contribution is 2.53. The van der Waals surface area contributed by atoms with E-state index in [1.807, 2.05) is 0 Å². The monoisotopic (exact) mass is 437 g/mol. The third kappa shape index (κ3) is 3.44.